The predicted molar refractivity (Wildman–Crippen MR) is 74.6 cm³/mol. The van der Waals surface area contributed by atoms with E-state index in [0.29, 0.717) is 5.92 Å². The minimum Gasteiger partial charge on any atom is -0.118 e. The molecule has 1 atom stereocenters. The predicted octanol–water partition coefficient (Wildman–Crippen LogP) is 5.85. The van der Waals surface area contributed by atoms with Crippen molar-refractivity contribution in [2.24, 2.45) is 5.92 Å². The summed E-state index contributed by atoms with van der Waals surface area (Å²) in [6.45, 7) is 6.45. The van der Waals surface area contributed by atoms with Crippen LogP contribution in [-0.4, -0.2) is 0 Å². The van der Waals surface area contributed by atoms with E-state index in [2.05, 4.69) is 64.8 Å². The molecule has 0 aliphatic rings. The fraction of sp³-hybridized carbons (Fsp3) is 0.500. The second-order valence-corrected chi connectivity index (χ2v) is 6.46. The maximum atomic E-state index is 6.38. The van der Waals surface area contributed by atoms with Gasteiger partial charge in [0.25, 0.3) is 0 Å². The molecule has 0 fully saturated rings. The summed E-state index contributed by atoms with van der Waals surface area (Å²) in [4.78, 5) is 0. The van der Waals surface area contributed by atoms with Crippen LogP contribution in [0.4, 0.5) is 0 Å². The second-order valence-electron chi connectivity index (χ2n) is 4.22. The Hall–Kier alpha value is 0.470. The van der Waals surface area contributed by atoms with Crippen molar-refractivity contribution in [1.82, 2.24) is 0 Å². The van der Waals surface area contributed by atoms with E-state index < -0.39 is 0 Å². The summed E-state index contributed by atoms with van der Waals surface area (Å²) in [7, 11) is 0. The number of hydrogen-bond donors (Lipinski definition) is 0. The maximum absolute atomic E-state index is 6.38. The lowest BCUT2D eigenvalue weighted by atomic mass is 10.0. The van der Waals surface area contributed by atoms with Gasteiger partial charge in [0.2, 0.25) is 0 Å². The average molecular weight is 355 g/mol. The van der Waals surface area contributed by atoms with Gasteiger partial charge in [-0.25, -0.2) is 0 Å². The van der Waals surface area contributed by atoms with Crippen molar-refractivity contribution < 1.29 is 0 Å². The van der Waals surface area contributed by atoms with Crippen LogP contribution in [0.5, 0.6) is 0 Å². The van der Waals surface area contributed by atoms with Crippen LogP contribution in [0.1, 0.15) is 36.8 Å². The molecule has 0 N–H and O–H groups in total. The largest absolute Gasteiger partial charge is 0.118 e. The number of aryl methyl sites for hydroxylation is 1. The molecule has 0 heterocycles. The third-order valence-electron chi connectivity index (χ3n) is 2.29. The van der Waals surface area contributed by atoms with E-state index in [9.17, 15) is 0 Å². The Balaban J connectivity index is 2.98. The SMILES string of the molecule is Cc1cc(Br)c(C(Cl)CC(C)C)cc1Br. The standard InChI is InChI=1S/C12H15Br2Cl/c1-7(2)4-12(15)9-6-10(13)8(3)5-11(9)14/h5-7,12H,4H2,1-3H3. The molecule has 1 aromatic rings. The number of alkyl halides is 1. The third-order valence-corrected chi connectivity index (χ3v) is 4.25. The highest BCUT2D eigenvalue weighted by molar-refractivity contribution is 9.11. The molecule has 0 aliphatic carbocycles. The van der Waals surface area contributed by atoms with Crippen molar-refractivity contribution in [1.29, 1.82) is 0 Å². The lowest BCUT2D eigenvalue weighted by molar-refractivity contribution is 0.574. The number of halogens is 3. The van der Waals surface area contributed by atoms with Gasteiger partial charge in [0.05, 0.1) is 5.38 Å². The third kappa shape index (κ3) is 3.76. The monoisotopic (exact) mass is 352 g/mol. The molecule has 1 unspecified atom stereocenters. The zero-order chi connectivity index (χ0) is 11.6. The molecule has 0 bridgehead atoms. The van der Waals surface area contributed by atoms with Crippen molar-refractivity contribution in [3.63, 3.8) is 0 Å². The molecule has 0 spiro atoms. The molecule has 0 saturated heterocycles. The molecule has 3 heteroatoms. The van der Waals surface area contributed by atoms with Gasteiger partial charge in [0, 0.05) is 8.95 Å². The summed E-state index contributed by atoms with van der Waals surface area (Å²) in [5.41, 5.74) is 2.39. The van der Waals surface area contributed by atoms with Crippen LogP contribution in [-0.2, 0) is 0 Å². The summed E-state index contributed by atoms with van der Waals surface area (Å²) in [5.74, 6) is 0.611. The topological polar surface area (TPSA) is 0 Å². The minimum absolute atomic E-state index is 0.0799. The lowest BCUT2D eigenvalue weighted by Gasteiger charge is -2.15. The molecular formula is C12H15Br2Cl. The normalized spacial score (nSPS) is 13.3. The van der Waals surface area contributed by atoms with Crippen LogP contribution in [0.3, 0.4) is 0 Å². The molecular weight excluding hydrogens is 339 g/mol. The molecule has 1 rings (SSSR count). The zero-order valence-electron chi connectivity index (χ0n) is 9.15. The molecule has 1 aromatic carbocycles. The summed E-state index contributed by atoms with van der Waals surface area (Å²) >= 11 is 13.5. The van der Waals surface area contributed by atoms with Gasteiger partial charge in [-0.3, -0.25) is 0 Å². The maximum Gasteiger partial charge on any atom is 0.0599 e. The molecule has 15 heavy (non-hydrogen) atoms. The lowest BCUT2D eigenvalue weighted by Crippen LogP contribution is -1.98. The highest BCUT2D eigenvalue weighted by Crippen LogP contribution is 2.36. The molecule has 0 aliphatic heterocycles. The van der Waals surface area contributed by atoms with Crippen LogP contribution in [0.2, 0.25) is 0 Å². The summed E-state index contributed by atoms with van der Waals surface area (Å²) in [6, 6.07) is 4.22. The Labute approximate surface area is 114 Å². The van der Waals surface area contributed by atoms with E-state index in [-0.39, 0.29) is 5.38 Å². The molecule has 0 amide bonds. The van der Waals surface area contributed by atoms with Crippen molar-refractivity contribution in [2.45, 2.75) is 32.6 Å². The Morgan fingerprint density at radius 3 is 2.33 bits per heavy atom. The van der Waals surface area contributed by atoms with Gasteiger partial charge < -0.3 is 0 Å². The van der Waals surface area contributed by atoms with Crippen molar-refractivity contribution in [3.05, 3.63) is 32.2 Å². The second kappa shape index (κ2) is 5.70. The van der Waals surface area contributed by atoms with Crippen LogP contribution in [0.15, 0.2) is 21.1 Å². The Bertz CT molecular complexity index is 348. The number of benzene rings is 1. The molecule has 0 aromatic heterocycles. The highest BCUT2D eigenvalue weighted by atomic mass is 79.9. The van der Waals surface area contributed by atoms with E-state index in [0.717, 1.165) is 15.4 Å². The summed E-state index contributed by atoms with van der Waals surface area (Å²) < 4.78 is 2.22. The van der Waals surface area contributed by atoms with Gasteiger partial charge in [0.1, 0.15) is 0 Å². The van der Waals surface area contributed by atoms with Gasteiger partial charge >= 0.3 is 0 Å². The first kappa shape index (κ1) is 13.5. The fourth-order valence-electron chi connectivity index (χ4n) is 1.44. The zero-order valence-corrected chi connectivity index (χ0v) is 13.1. The van der Waals surface area contributed by atoms with Crippen LogP contribution >= 0.6 is 43.5 Å². The highest BCUT2D eigenvalue weighted by Gasteiger charge is 2.14. The van der Waals surface area contributed by atoms with Gasteiger partial charge in [-0.15, -0.1) is 11.6 Å². The quantitative estimate of drug-likeness (QED) is 0.598. The van der Waals surface area contributed by atoms with Crippen molar-refractivity contribution in [3.8, 4) is 0 Å². The summed E-state index contributed by atoms with van der Waals surface area (Å²) in [6.07, 6.45) is 0.996. The first-order chi connectivity index (χ1) is 6.91. The first-order valence-corrected chi connectivity index (χ1v) is 7.03. The van der Waals surface area contributed by atoms with Gasteiger partial charge in [-0.2, -0.15) is 0 Å². The minimum atomic E-state index is 0.0799. The Kier molecular flexibility index (Phi) is 5.14. The molecule has 84 valence electrons. The molecule has 0 nitrogen and oxygen atoms in total. The van der Waals surface area contributed by atoms with Crippen molar-refractivity contribution >= 4 is 43.5 Å². The number of rotatable bonds is 3. The molecule has 0 saturated carbocycles. The van der Waals surface area contributed by atoms with Crippen molar-refractivity contribution in [2.75, 3.05) is 0 Å². The van der Waals surface area contributed by atoms with Crippen LogP contribution < -0.4 is 0 Å². The van der Waals surface area contributed by atoms with Gasteiger partial charge in [0.15, 0.2) is 0 Å². The molecule has 0 radical (unpaired) electrons. The van der Waals surface area contributed by atoms with Gasteiger partial charge in [-0.1, -0.05) is 45.7 Å². The van der Waals surface area contributed by atoms with Gasteiger partial charge in [-0.05, 0) is 42.5 Å². The average Bonchev–Trinajstić information content (AvgIpc) is 2.09. The van der Waals surface area contributed by atoms with E-state index in [4.69, 9.17) is 11.6 Å². The van der Waals surface area contributed by atoms with E-state index in [1.54, 1.807) is 0 Å². The Morgan fingerprint density at radius 2 is 1.80 bits per heavy atom. The van der Waals surface area contributed by atoms with E-state index in [1.165, 1.54) is 11.1 Å². The smallest absolute Gasteiger partial charge is 0.0599 e. The summed E-state index contributed by atoms with van der Waals surface area (Å²) in [5, 5.41) is 0.0799. The van der Waals surface area contributed by atoms with E-state index in [1.807, 2.05) is 0 Å². The first-order valence-electron chi connectivity index (χ1n) is 5.01. The van der Waals surface area contributed by atoms with Crippen LogP contribution in [0.25, 0.3) is 0 Å². The van der Waals surface area contributed by atoms with E-state index >= 15 is 0 Å². The Morgan fingerprint density at radius 1 is 1.20 bits per heavy atom. The fourth-order valence-corrected chi connectivity index (χ4v) is 3.21. The van der Waals surface area contributed by atoms with Crippen LogP contribution in [0, 0.1) is 12.8 Å². The number of hydrogen-bond acceptors (Lipinski definition) is 0.